The number of hydrogen-bond donors (Lipinski definition) is 1. The van der Waals surface area contributed by atoms with E-state index in [2.05, 4.69) is 14.9 Å². The number of rotatable bonds is 3. The highest BCUT2D eigenvalue weighted by atomic mass is 16.6. The number of ether oxygens (including phenoxy) is 1. The average molecular weight is 318 g/mol. The zero-order valence-corrected chi connectivity index (χ0v) is 14.4. The molecule has 6 nitrogen and oxygen atoms in total. The van der Waals surface area contributed by atoms with Crippen molar-refractivity contribution in [2.45, 2.75) is 46.1 Å². The molecule has 0 aliphatic carbocycles. The first-order chi connectivity index (χ1) is 10.7. The number of nitrogen functional groups attached to an aromatic ring is 1. The van der Waals surface area contributed by atoms with Crippen LogP contribution in [-0.2, 0) is 4.74 Å². The van der Waals surface area contributed by atoms with Gasteiger partial charge in [0, 0.05) is 19.3 Å². The summed E-state index contributed by atoms with van der Waals surface area (Å²) in [6.45, 7) is 9.28. The number of aliphatic imine (C=N–C) groups is 1. The normalized spacial score (nSPS) is 18.6. The Balaban J connectivity index is 1.83. The van der Waals surface area contributed by atoms with E-state index in [0.717, 1.165) is 37.3 Å². The van der Waals surface area contributed by atoms with Crippen LogP contribution in [-0.4, -0.2) is 36.0 Å². The van der Waals surface area contributed by atoms with Crippen LogP contribution in [0.1, 0.15) is 39.2 Å². The first kappa shape index (κ1) is 17.2. The van der Waals surface area contributed by atoms with E-state index in [1.807, 2.05) is 39.8 Å². The number of carbonyl (C=O) groups excluding carboxylic acids is 1. The molecule has 126 valence electrons. The minimum atomic E-state index is -0.527. The SMILES string of the molecule is Cc1ccc(N2CCC(CC=NC(=O)OC(C)(C)C)C2)nc1N. The van der Waals surface area contributed by atoms with Gasteiger partial charge in [-0.25, -0.2) is 9.78 Å². The summed E-state index contributed by atoms with van der Waals surface area (Å²) in [6.07, 6.45) is 2.95. The van der Waals surface area contributed by atoms with Gasteiger partial charge >= 0.3 is 6.09 Å². The molecule has 23 heavy (non-hydrogen) atoms. The highest BCUT2D eigenvalue weighted by Gasteiger charge is 2.23. The molecule has 2 rings (SSSR count). The predicted octanol–water partition coefficient (Wildman–Crippen LogP) is 3.19. The predicted molar refractivity (Wildman–Crippen MR) is 93.0 cm³/mol. The number of pyridine rings is 1. The van der Waals surface area contributed by atoms with E-state index in [0.29, 0.717) is 11.7 Å². The highest BCUT2D eigenvalue weighted by molar-refractivity contribution is 5.79. The summed E-state index contributed by atoms with van der Waals surface area (Å²) in [5, 5.41) is 0. The number of aromatic nitrogens is 1. The molecule has 0 radical (unpaired) electrons. The number of nitrogens with two attached hydrogens (primary N) is 1. The lowest BCUT2D eigenvalue weighted by Crippen LogP contribution is -2.22. The minimum absolute atomic E-state index is 0.463. The van der Waals surface area contributed by atoms with E-state index in [1.54, 1.807) is 6.21 Å². The fourth-order valence-corrected chi connectivity index (χ4v) is 2.51. The summed E-state index contributed by atoms with van der Waals surface area (Å²) in [5.41, 5.74) is 6.37. The topological polar surface area (TPSA) is 80.8 Å². The number of hydrogen-bond acceptors (Lipinski definition) is 5. The summed E-state index contributed by atoms with van der Waals surface area (Å²) in [4.78, 5) is 22.0. The monoisotopic (exact) mass is 318 g/mol. The van der Waals surface area contributed by atoms with Crippen LogP contribution in [0.4, 0.5) is 16.4 Å². The standard InChI is InChI=1S/C17H26N4O2/c1-12-5-6-14(20-15(12)18)21-10-8-13(11-21)7-9-19-16(22)23-17(2,3)4/h5-6,9,13H,7-8,10-11H2,1-4H3,(H2,18,20). The van der Waals surface area contributed by atoms with Gasteiger partial charge in [0.15, 0.2) is 0 Å². The molecule has 1 aliphatic rings. The summed E-state index contributed by atoms with van der Waals surface area (Å²) < 4.78 is 5.15. The number of aryl methyl sites for hydroxylation is 1. The maximum atomic E-state index is 11.5. The zero-order valence-electron chi connectivity index (χ0n) is 14.4. The summed E-state index contributed by atoms with van der Waals surface area (Å²) in [5.74, 6) is 1.96. The molecule has 2 N–H and O–H groups in total. The molecule has 1 amide bonds. The molecule has 1 fully saturated rings. The Kier molecular flexibility index (Phi) is 5.23. The van der Waals surface area contributed by atoms with E-state index in [1.165, 1.54) is 0 Å². The highest BCUT2D eigenvalue weighted by Crippen LogP contribution is 2.25. The molecule has 1 atom stereocenters. The molecule has 1 aromatic heterocycles. The number of nitrogens with zero attached hydrogens (tertiary/aromatic N) is 3. The Morgan fingerprint density at radius 1 is 1.52 bits per heavy atom. The maximum absolute atomic E-state index is 11.5. The van der Waals surface area contributed by atoms with Gasteiger partial charge in [-0.1, -0.05) is 6.07 Å². The van der Waals surface area contributed by atoms with Gasteiger partial charge in [-0.05, 0) is 58.1 Å². The van der Waals surface area contributed by atoms with Crippen molar-refractivity contribution in [3.8, 4) is 0 Å². The van der Waals surface area contributed by atoms with Crippen LogP contribution in [0.3, 0.4) is 0 Å². The average Bonchev–Trinajstić information content (AvgIpc) is 2.88. The second kappa shape index (κ2) is 6.98. The van der Waals surface area contributed by atoms with E-state index < -0.39 is 11.7 Å². The molecule has 0 saturated carbocycles. The van der Waals surface area contributed by atoms with Gasteiger partial charge < -0.3 is 15.4 Å². The first-order valence-corrected chi connectivity index (χ1v) is 7.98. The van der Waals surface area contributed by atoms with Gasteiger partial charge in [-0.15, -0.1) is 0 Å². The van der Waals surface area contributed by atoms with Gasteiger partial charge in [0.05, 0.1) is 0 Å². The third kappa shape index (κ3) is 5.23. The lowest BCUT2D eigenvalue weighted by atomic mass is 10.1. The molecular weight excluding hydrogens is 292 g/mol. The molecular formula is C17H26N4O2. The Hall–Kier alpha value is -2.11. The molecule has 0 bridgehead atoms. The van der Waals surface area contributed by atoms with Crippen molar-refractivity contribution in [1.29, 1.82) is 0 Å². The van der Waals surface area contributed by atoms with Crippen molar-refractivity contribution in [1.82, 2.24) is 4.98 Å². The molecule has 1 aromatic rings. The number of anilines is 2. The van der Waals surface area contributed by atoms with Crippen LogP contribution in [0.15, 0.2) is 17.1 Å². The van der Waals surface area contributed by atoms with Crippen LogP contribution in [0.25, 0.3) is 0 Å². The smallest absolute Gasteiger partial charge is 0.433 e. The van der Waals surface area contributed by atoms with Crippen LogP contribution < -0.4 is 10.6 Å². The third-order valence-corrected chi connectivity index (χ3v) is 3.76. The van der Waals surface area contributed by atoms with Crippen LogP contribution in [0, 0.1) is 12.8 Å². The second-order valence-corrected chi connectivity index (χ2v) is 7.00. The molecule has 1 saturated heterocycles. The van der Waals surface area contributed by atoms with Crippen molar-refractivity contribution >= 4 is 23.9 Å². The van der Waals surface area contributed by atoms with Gasteiger partial charge in [0.25, 0.3) is 0 Å². The molecule has 6 heteroatoms. The van der Waals surface area contributed by atoms with Crippen molar-refractivity contribution in [3.63, 3.8) is 0 Å². The lowest BCUT2D eigenvalue weighted by Gasteiger charge is -2.18. The van der Waals surface area contributed by atoms with E-state index in [9.17, 15) is 4.79 Å². The third-order valence-electron chi connectivity index (χ3n) is 3.76. The summed E-state index contributed by atoms with van der Waals surface area (Å²) in [6, 6.07) is 4.00. The van der Waals surface area contributed by atoms with Crippen LogP contribution in [0.5, 0.6) is 0 Å². The second-order valence-electron chi connectivity index (χ2n) is 7.00. The Bertz CT molecular complexity index is 593. The fourth-order valence-electron chi connectivity index (χ4n) is 2.51. The largest absolute Gasteiger partial charge is 0.442 e. The van der Waals surface area contributed by atoms with Gasteiger partial charge in [0.1, 0.15) is 17.2 Å². The van der Waals surface area contributed by atoms with Crippen molar-refractivity contribution in [2.75, 3.05) is 23.7 Å². The van der Waals surface area contributed by atoms with Crippen molar-refractivity contribution in [2.24, 2.45) is 10.9 Å². The molecule has 0 aromatic carbocycles. The molecule has 1 unspecified atom stereocenters. The molecule has 1 aliphatic heterocycles. The number of amides is 1. The Labute approximate surface area is 137 Å². The number of carbonyl (C=O) groups is 1. The first-order valence-electron chi connectivity index (χ1n) is 7.98. The quantitative estimate of drug-likeness (QED) is 0.866. The fraction of sp³-hybridized carbons (Fsp3) is 0.588. The molecule has 2 heterocycles. The van der Waals surface area contributed by atoms with Crippen LogP contribution in [0.2, 0.25) is 0 Å². The minimum Gasteiger partial charge on any atom is -0.442 e. The van der Waals surface area contributed by atoms with Gasteiger partial charge in [-0.3, -0.25) is 0 Å². The summed E-state index contributed by atoms with van der Waals surface area (Å²) in [7, 11) is 0. The van der Waals surface area contributed by atoms with Crippen LogP contribution >= 0.6 is 0 Å². The van der Waals surface area contributed by atoms with Gasteiger partial charge in [0.2, 0.25) is 0 Å². The zero-order chi connectivity index (χ0) is 17.0. The Morgan fingerprint density at radius 2 is 2.26 bits per heavy atom. The summed E-state index contributed by atoms with van der Waals surface area (Å²) >= 11 is 0. The van der Waals surface area contributed by atoms with Crippen molar-refractivity contribution in [3.05, 3.63) is 17.7 Å². The van der Waals surface area contributed by atoms with E-state index in [-0.39, 0.29) is 0 Å². The lowest BCUT2D eigenvalue weighted by molar-refractivity contribution is 0.0605. The van der Waals surface area contributed by atoms with E-state index in [4.69, 9.17) is 10.5 Å². The van der Waals surface area contributed by atoms with Gasteiger partial charge in [-0.2, -0.15) is 4.99 Å². The van der Waals surface area contributed by atoms with Crippen molar-refractivity contribution < 1.29 is 9.53 Å². The Morgan fingerprint density at radius 3 is 2.91 bits per heavy atom. The van der Waals surface area contributed by atoms with E-state index >= 15 is 0 Å². The maximum Gasteiger partial charge on any atom is 0.433 e. The molecule has 0 spiro atoms.